The van der Waals surface area contributed by atoms with E-state index in [0.29, 0.717) is 13.2 Å². The van der Waals surface area contributed by atoms with Gasteiger partial charge in [-0.2, -0.15) is 0 Å². The Morgan fingerprint density at radius 1 is 1.25 bits per heavy atom. The predicted molar refractivity (Wildman–Crippen MR) is 78.3 cm³/mol. The molecule has 1 aliphatic carbocycles. The molecule has 5 heteroatoms. The Balaban J connectivity index is 1.79. The van der Waals surface area contributed by atoms with E-state index in [0.717, 1.165) is 42.2 Å². The number of hydrogen-bond donors (Lipinski definition) is 2. The number of aromatic nitrogens is 2. The van der Waals surface area contributed by atoms with Crippen LogP contribution in [0.5, 0.6) is 5.75 Å². The molecule has 0 atom stereocenters. The van der Waals surface area contributed by atoms with Crippen LogP contribution in [0, 0.1) is 0 Å². The predicted octanol–water partition coefficient (Wildman–Crippen LogP) is 2.05. The fraction of sp³-hybridized carbons (Fsp3) is 0.333. The molecule has 0 fully saturated rings. The maximum absolute atomic E-state index is 5.53. The zero-order chi connectivity index (χ0) is 13.8. The van der Waals surface area contributed by atoms with Gasteiger partial charge in [-0.3, -0.25) is 0 Å². The minimum Gasteiger partial charge on any atom is -0.492 e. The standard InChI is InChI=1S/C15H18N4O/c16-7-8-20-12-4-1-3-11(9-12)19-15-13-5-2-6-14(13)17-10-18-15/h1,3-4,9-10H,2,5-8,16H2,(H,17,18,19). The third-order valence-electron chi connectivity index (χ3n) is 3.36. The van der Waals surface area contributed by atoms with Crippen molar-refractivity contribution in [1.29, 1.82) is 0 Å². The Labute approximate surface area is 118 Å². The van der Waals surface area contributed by atoms with Crippen LogP contribution in [0.1, 0.15) is 17.7 Å². The van der Waals surface area contributed by atoms with E-state index in [9.17, 15) is 0 Å². The number of nitrogens with zero attached hydrogens (tertiary/aromatic N) is 2. The highest BCUT2D eigenvalue weighted by atomic mass is 16.5. The van der Waals surface area contributed by atoms with Crippen LogP contribution in [0.15, 0.2) is 30.6 Å². The lowest BCUT2D eigenvalue weighted by atomic mass is 10.2. The Kier molecular flexibility index (Phi) is 3.78. The Bertz CT molecular complexity index is 600. The lowest BCUT2D eigenvalue weighted by Gasteiger charge is -2.11. The van der Waals surface area contributed by atoms with Gasteiger partial charge in [0.05, 0.1) is 0 Å². The fourth-order valence-electron chi connectivity index (χ4n) is 2.44. The number of nitrogens with two attached hydrogens (primary N) is 1. The first-order valence-corrected chi connectivity index (χ1v) is 6.89. The van der Waals surface area contributed by atoms with Crippen LogP contribution in [-0.2, 0) is 12.8 Å². The topological polar surface area (TPSA) is 73.1 Å². The van der Waals surface area contributed by atoms with Crippen molar-refractivity contribution in [3.05, 3.63) is 41.9 Å². The summed E-state index contributed by atoms with van der Waals surface area (Å²) in [5, 5.41) is 3.36. The highest BCUT2D eigenvalue weighted by Gasteiger charge is 2.16. The Hall–Kier alpha value is -2.14. The summed E-state index contributed by atoms with van der Waals surface area (Å²) in [5.74, 6) is 1.72. The summed E-state index contributed by atoms with van der Waals surface area (Å²) in [4.78, 5) is 8.68. The summed E-state index contributed by atoms with van der Waals surface area (Å²) in [6.07, 6.45) is 4.87. The molecule has 0 bridgehead atoms. The second-order valence-electron chi connectivity index (χ2n) is 4.79. The van der Waals surface area contributed by atoms with Crippen LogP contribution in [-0.4, -0.2) is 23.1 Å². The third kappa shape index (κ3) is 2.72. The Morgan fingerprint density at radius 3 is 3.10 bits per heavy atom. The van der Waals surface area contributed by atoms with Crippen molar-refractivity contribution >= 4 is 11.5 Å². The highest BCUT2D eigenvalue weighted by Crippen LogP contribution is 2.28. The van der Waals surface area contributed by atoms with Crippen molar-refractivity contribution in [2.24, 2.45) is 5.73 Å². The first-order chi connectivity index (χ1) is 9.86. The summed E-state index contributed by atoms with van der Waals surface area (Å²) in [6.45, 7) is 1.03. The number of ether oxygens (including phenoxy) is 1. The number of fused-ring (bicyclic) bond motifs is 1. The number of anilines is 2. The largest absolute Gasteiger partial charge is 0.492 e. The van der Waals surface area contributed by atoms with Crippen molar-refractivity contribution in [2.75, 3.05) is 18.5 Å². The van der Waals surface area contributed by atoms with Gasteiger partial charge in [0.15, 0.2) is 0 Å². The van der Waals surface area contributed by atoms with E-state index in [1.54, 1.807) is 6.33 Å². The first kappa shape index (κ1) is 12.9. The van der Waals surface area contributed by atoms with Gasteiger partial charge in [0.25, 0.3) is 0 Å². The molecule has 104 valence electrons. The zero-order valence-corrected chi connectivity index (χ0v) is 11.3. The van der Waals surface area contributed by atoms with Gasteiger partial charge in [-0.1, -0.05) is 6.07 Å². The van der Waals surface area contributed by atoms with Crippen LogP contribution in [0.2, 0.25) is 0 Å². The van der Waals surface area contributed by atoms with Crippen molar-refractivity contribution in [2.45, 2.75) is 19.3 Å². The minimum absolute atomic E-state index is 0.511. The number of nitrogens with one attached hydrogen (secondary N) is 1. The normalized spacial score (nSPS) is 13.1. The SMILES string of the molecule is NCCOc1cccc(Nc2ncnc3c2CCC3)c1. The Morgan fingerprint density at radius 2 is 2.20 bits per heavy atom. The molecule has 0 aliphatic heterocycles. The van der Waals surface area contributed by atoms with Gasteiger partial charge < -0.3 is 15.8 Å². The molecule has 0 spiro atoms. The fourth-order valence-corrected chi connectivity index (χ4v) is 2.44. The summed E-state index contributed by atoms with van der Waals surface area (Å²) >= 11 is 0. The zero-order valence-electron chi connectivity index (χ0n) is 11.3. The molecule has 5 nitrogen and oxygen atoms in total. The van der Waals surface area contributed by atoms with Gasteiger partial charge in [0.1, 0.15) is 24.5 Å². The van der Waals surface area contributed by atoms with Crippen molar-refractivity contribution < 1.29 is 4.74 Å². The molecular weight excluding hydrogens is 252 g/mol. The van der Waals surface area contributed by atoms with Crippen molar-refractivity contribution in [1.82, 2.24) is 9.97 Å². The maximum atomic E-state index is 5.53. The maximum Gasteiger partial charge on any atom is 0.137 e. The third-order valence-corrected chi connectivity index (χ3v) is 3.36. The van der Waals surface area contributed by atoms with E-state index in [2.05, 4.69) is 15.3 Å². The molecule has 3 rings (SSSR count). The average Bonchev–Trinajstić information content (AvgIpc) is 2.95. The van der Waals surface area contributed by atoms with Crippen LogP contribution < -0.4 is 15.8 Å². The molecule has 0 amide bonds. The molecule has 1 aromatic heterocycles. The van der Waals surface area contributed by atoms with Crippen LogP contribution in [0.4, 0.5) is 11.5 Å². The number of hydrogen-bond acceptors (Lipinski definition) is 5. The van der Waals surface area contributed by atoms with Gasteiger partial charge in [-0.05, 0) is 31.4 Å². The highest BCUT2D eigenvalue weighted by molar-refractivity contribution is 5.62. The first-order valence-electron chi connectivity index (χ1n) is 6.89. The van der Waals surface area contributed by atoms with Gasteiger partial charge in [-0.25, -0.2) is 9.97 Å². The second-order valence-corrected chi connectivity index (χ2v) is 4.79. The van der Waals surface area contributed by atoms with Crippen LogP contribution >= 0.6 is 0 Å². The van der Waals surface area contributed by atoms with Crippen molar-refractivity contribution in [3.8, 4) is 5.75 Å². The van der Waals surface area contributed by atoms with E-state index >= 15 is 0 Å². The monoisotopic (exact) mass is 270 g/mol. The van der Waals surface area contributed by atoms with E-state index in [1.165, 1.54) is 5.56 Å². The van der Waals surface area contributed by atoms with Gasteiger partial charge >= 0.3 is 0 Å². The molecule has 0 saturated heterocycles. The molecule has 0 saturated carbocycles. The van der Waals surface area contributed by atoms with Gasteiger partial charge in [-0.15, -0.1) is 0 Å². The van der Waals surface area contributed by atoms with Gasteiger partial charge in [0.2, 0.25) is 0 Å². The van der Waals surface area contributed by atoms with Crippen LogP contribution in [0.25, 0.3) is 0 Å². The molecule has 2 aromatic rings. The number of aryl methyl sites for hydroxylation is 1. The molecule has 1 aliphatic rings. The summed E-state index contributed by atoms with van der Waals surface area (Å²) in [5.41, 5.74) is 8.81. The van der Waals surface area contributed by atoms with E-state index in [-0.39, 0.29) is 0 Å². The summed E-state index contributed by atoms with van der Waals surface area (Å²) in [7, 11) is 0. The van der Waals surface area contributed by atoms with E-state index in [4.69, 9.17) is 10.5 Å². The quantitative estimate of drug-likeness (QED) is 0.870. The molecular formula is C15H18N4O. The molecule has 3 N–H and O–H groups in total. The molecule has 1 heterocycles. The lowest BCUT2D eigenvalue weighted by molar-refractivity contribution is 0.328. The molecule has 0 unspecified atom stereocenters. The van der Waals surface area contributed by atoms with E-state index < -0.39 is 0 Å². The number of benzene rings is 1. The van der Waals surface area contributed by atoms with Gasteiger partial charge in [0, 0.05) is 29.6 Å². The lowest BCUT2D eigenvalue weighted by Crippen LogP contribution is -2.10. The van der Waals surface area contributed by atoms with Crippen molar-refractivity contribution in [3.63, 3.8) is 0 Å². The minimum atomic E-state index is 0.511. The molecule has 0 radical (unpaired) electrons. The summed E-state index contributed by atoms with van der Waals surface area (Å²) in [6, 6.07) is 7.83. The number of rotatable bonds is 5. The smallest absolute Gasteiger partial charge is 0.137 e. The summed E-state index contributed by atoms with van der Waals surface area (Å²) < 4.78 is 5.53. The second kappa shape index (κ2) is 5.88. The molecule has 20 heavy (non-hydrogen) atoms. The van der Waals surface area contributed by atoms with E-state index in [1.807, 2.05) is 24.3 Å². The molecule has 1 aromatic carbocycles. The average molecular weight is 270 g/mol. The van der Waals surface area contributed by atoms with Crippen LogP contribution in [0.3, 0.4) is 0 Å².